The summed E-state index contributed by atoms with van der Waals surface area (Å²) in [6.45, 7) is 3.29. The van der Waals surface area contributed by atoms with Crippen LogP contribution in [-0.4, -0.2) is 52.6 Å². The van der Waals surface area contributed by atoms with Gasteiger partial charge in [0.25, 0.3) is 0 Å². The number of rotatable bonds is 10. The molecule has 0 bridgehead atoms. The minimum absolute atomic E-state index is 0.142. The van der Waals surface area contributed by atoms with Crippen LogP contribution in [0.15, 0.2) is 78.9 Å². The van der Waals surface area contributed by atoms with E-state index in [-0.39, 0.29) is 12.2 Å². The number of benzene rings is 3. The molecule has 9 heteroatoms. The Bertz CT molecular complexity index is 1180. The van der Waals surface area contributed by atoms with Crippen LogP contribution in [0.25, 0.3) is 0 Å². The van der Waals surface area contributed by atoms with Gasteiger partial charge in [0.2, 0.25) is 0 Å². The van der Waals surface area contributed by atoms with E-state index in [9.17, 15) is 5.11 Å². The summed E-state index contributed by atoms with van der Waals surface area (Å²) in [7, 11) is 0. The van der Waals surface area contributed by atoms with Crippen molar-refractivity contribution in [2.24, 2.45) is 0 Å². The minimum Gasteiger partial charge on any atom is -0.492 e. The molecule has 0 radical (unpaired) electrons. The summed E-state index contributed by atoms with van der Waals surface area (Å²) in [5, 5.41) is 27.2. The molecule has 3 aromatic carbocycles. The van der Waals surface area contributed by atoms with Gasteiger partial charge in [-0.2, -0.15) is 0 Å². The average Bonchev–Trinajstić information content (AvgIpc) is 2.98. The number of aliphatic hydroxyl groups is 1. The highest BCUT2D eigenvalue weighted by molar-refractivity contribution is 6.27. The second-order valence-electron chi connectivity index (χ2n) is 9.25. The second-order valence-corrected chi connectivity index (χ2v) is 9.63. The largest absolute Gasteiger partial charge is 0.492 e. The first-order chi connectivity index (χ1) is 19.3. The predicted molar refractivity (Wildman–Crippen MR) is 151 cm³/mol. The number of aliphatic carboxylic acids is 2. The van der Waals surface area contributed by atoms with E-state index in [4.69, 9.17) is 45.6 Å². The zero-order valence-electron chi connectivity index (χ0n) is 22.4. The third-order valence-corrected chi connectivity index (χ3v) is 6.79. The van der Waals surface area contributed by atoms with Crippen LogP contribution in [0.1, 0.15) is 55.2 Å². The highest BCUT2D eigenvalue weighted by Gasteiger charge is 2.40. The van der Waals surface area contributed by atoms with Gasteiger partial charge in [-0.3, -0.25) is 0 Å². The van der Waals surface area contributed by atoms with Gasteiger partial charge in [-0.05, 0) is 60.2 Å². The first-order valence-electron chi connectivity index (χ1n) is 13.2. The number of ether oxygens (including phenoxy) is 3. The van der Waals surface area contributed by atoms with Crippen molar-refractivity contribution >= 4 is 23.5 Å². The van der Waals surface area contributed by atoms with E-state index in [0.29, 0.717) is 12.5 Å². The Balaban J connectivity index is 0.000000663. The number of hydrogen-bond donors (Lipinski definition) is 3. The van der Waals surface area contributed by atoms with Gasteiger partial charge in [-0.15, -0.1) is 11.6 Å². The molecule has 3 atom stereocenters. The molecule has 0 aromatic heterocycles. The van der Waals surface area contributed by atoms with E-state index in [2.05, 4.69) is 19.1 Å². The van der Waals surface area contributed by atoms with E-state index in [1.807, 2.05) is 66.7 Å². The fraction of sp³-hybridized carbons (Fsp3) is 0.355. The standard InChI is InChI=1S/C29H33ClO4.C2H2O4/c1-2-27(22-8-4-3-5-9-22)29(31,23-11-15-25(16-12-23)32-21-19-30)24-13-17-26(18-14-24)34-28-10-6-7-20-33-28;3-1(4)2(5)6/h3-5,8-9,11-18,27-28,31H,2,6-7,10,19-21H2,1H3;(H,3,4)(H,5,6). The lowest BCUT2D eigenvalue weighted by atomic mass is 9.72. The van der Waals surface area contributed by atoms with Gasteiger partial charge >= 0.3 is 11.9 Å². The summed E-state index contributed by atoms with van der Waals surface area (Å²) >= 11 is 5.75. The molecule has 1 heterocycles. The molecule has 214 valence electrons. The van der Waals surface area contributed by atoms with Gasteiger partial charge in [0, 0.05) is 12.3 Å². The van der Waals surface area contributed by atoms with Gasteiger partial charge in [-0.25, -0.2) is 9.59 Å². The second kappa shape index (κ2) is 15.3. The maximum atomic E-state index is 12.4. The lowest BCUT2D eigenvalue weighted by Gasteiger charge is -2.37. The molecule has 4 rings (SSSR count). The molecule has 0 aliphatic carbocycles. The lowest BCUT2D eigenvalue weighted by Crippen LogP contribution is -2.35. The number of hydrogen-bond acceptors (Lipinski definition) is 6. The van der Waals surface area contributed by atoms with Gasteiger partial charge in [0.15, 0.2) is 6.29 Å². The summed E-state index contributed by atoms with van der Waals surface area (Å²) in [5.74, 6) is -1.88. The van der Waals surface area contributed by atoms with Crippen molar-refractivity contribution in [2.45, 2.75) is 50.4 Å². The van der Waals surface area contributed by atoms with Crippen molar-refractivity contribution in [3.05, 3.63) is 95.6 Å². The van der Waals surface area contributed by atoms with Gasteiger partial charge in [0.1, 0.15) is 23.7 Å². The molecule has 0 spiro atoms. The van der Waals surface area contributed by atoms with Crippen molar-refractivity contribution in [1.29, 1.82) is 0 Å². The SMILES string of the molecule is CCC(c1ccccc1)C(O)(c1ccc(OCCCl)cc1)c1ccc(OC2CCCCO2)cc1.O=C(O)C(=O)O. The van der Waals surface area contributed by atoms with Crippen molar-refractivity contribution in [3.63, 3.8) is 0 Å². The highest BCUT2D eigenvalue weighted by Crippen LogP contribution is 2.45. The number of carboxylic acid groups (broad SMARTS) is 2. The van der Waals surface area contributed by atoms with Crippen molar-refractivity contribution < 1.29 is 39.1 Å². The fourth-order valence-corrected chi connectivity index (χ4v) is 4.81. The molecule has 1 fully saturated rings. The topological polar surface area (TPSA) is 123 Å². The Hall–Kier alpha value is -3.59. The molecule has 1 aliphatic rings. The molecule has 40 heavy (non-hydrogen) atoms. The van der Waals surface area contributed by atoms with E-state index in [1.54, 1.807) is 0 Å². The first-order valence-corrected chi connectivity index (χ1v) is 13.7. The molecule has 1 saturated heterocycles. The Morgan fingerprint density at radius 2 is 1.50 bits per heavy atom. The normalized spacial score (nSPS) is 16.9. The zero-order chi connectivity index (χ0) is 29.0. The zero-order valence-corrected chi connectivity index (χ0v) is 23.1. The van der Waals surface area contributed by atoms with Gasteiger partial charge < -0.3 is 29.5 Å². The first kappa shape index (κ1) is 30.9. The van der Waals surface area contributed by atoms with E-state index in [1.165, 1.54) is 0 Å². The quantitative estimate of drug-likeness (QED) is 0.207. The molecule has 3 aromatic rings. The fourth-order valence-electron chi connectivity index (χ4n) is 4.73. The predicted octanol–water partition coefficient (Wildman–Crippen LogP) is 5.79. The molecular weight excluding hydrogens is 536 g/mol. The lowest BCUT2D eigenvalue weighted by molar-refractivity contribution is -0.159. The maximum absolute atomic E-state index is 12.4. The number of halogens is 1. The number of alkyl halides is 1. The minimum atomic E-state index is -1.82. The summed E-state index contributed by atoms with van der Waals surface area (Å²) in [5.41, 5.74) is 1.48. The van der Waals surface area contributed by atoms with E-state index >= 15 is 0 Å². The summed E-state index contributed by atoms with van der Waals surface area (Å²) in [6.07, 6.45) is 3.66. The smallest absolute Gasteiger partial charge is 0.414 e. The van der Waals surface area contributed by atoms with Crippen molar-refractivity contribution in [3.8, 4) is 11.5 Å². The van der Waals surface area contributed by atoms with E-state index in [0.717, 1.165) is 60.5 Å². The van der Waals surface area contributed by atoms with Crippen molar-refractivity contribution in [1.82, 2.24) is 0 Å². The van der Waals surface area contributed by atoms with Crippen LogP contribution in [0, 0.1) is 0 Å². The summed E-state index contributed by atoms with van der Waals surface area (Å²) in [6, 6.07) is 25.6. The molecule has 3 unspecified atom stereocenters. The Labute approximate surface area is 239 Å². The van der Waals surface area contributed by atoms with Gasteiger partial charge in [-0.1, -0.05) is 61.5 Å². The van der Waals surface area contributed by atoms with Crippen LogP contribution in [0.3, 0.4) is 0 Å². The third kappa shape index (κ3) is 8.21. The maximum Gasteiger partial charge on any atom is 0.414 e. The average molecular weight is 571 g/mol. The van der Waals surface area contributed by atoms with Crippen LogP contribution < -0.4 is 9.47 Å². The molecular formula is C31H35ClO8. The molecule has 3 N–H and O–H groups in total. The summed E-state index contributed by atoms with van der Waals surface area (Å²) < 4.78 is 17.4. The highest BCUT2D eigenvalue weighted by atomic mass is 35.5. The summed E-state index contributed by atoms with van der Waals surface area (Å²) in [4.78, 5) is 18.2. The van der Waals surface area contributed by atoms with E-state index < -0.39 is 17.5 Å². The van der Waals surface area contributed by atoms with Crippen LogP contribution in [-0.2, 0) is 19.9 Å². The Morgan fingerprint density at radius 1 is 0.925 bits per heavy atom. The van der Waals surface area contributed by atoms with Crippen LogP contribution in [0.5, 0.6) is 11.5 Å². The van der Waals surface area contributed by atoms with Gasteiger partial charge in [0.05, 0.1) is 12.5 Å². The molecule has 1 aliphatic heterocycles. The van der Waals surface area contributed by atoms with Crippen molar-refractivity contribution in [2.75, 3.05) is 19.1 Å². The van der Waals surface area contributed by atoms with Crippen LogP contribution >= 0.6 is 11.6 Å². The Morgan fingerprint density at radius 3 is 1.98 bits per heavy atom. The number of carboxylic acids is 2. The van der Waals surface area contributed by atoms with Crippen LogP contribution in [0.4, 0.5) is 0 Å². The van der Waals surface area contributed by atoms with Crippen LogP contribution in [0.2, 0.25) is 0 Å². The molecule has 0 amide bonds. The molecule has 8 nitrogen and oxygen atoms in total. The third-order valence-electron chi connectivity index (χ3n) is 6.64. The Kier molecular flexibility index (Phi) is 11.8. The number of carbonyl (C=O) groups is 2. The molecule has 0 saturated carbocycles. The monoisotopic (exact) mass is 570 g/mol.